The van der Waals surface area contributed by atoms with Crippen LogP contribution in [0.1, 0.15) is 6.92 Å². The van der Waals surface area contributed by atoms with Crippen molar-refractivity contribution in [2.24, 2.45) is 5.11 Å². The van der Waals surface area contributed by atoms with Gasteiger partial charge in [0.1, 0.15) is 5.15 Å². The monoisotopic (exact) mass is 290 g/mol. The third-order valence-corrected chi connectivity index (χ3v) is 2.21. The average Bonchev–Trinajstić information content (AvgIpc) is 2.12. The first-order chi connectivity index (χ1) is 7.04. The first-order valence-electron chi connectivity index (χ1n) is 3.64. The van der Waals surface area contributed by atoms with Crippen LogP contribution in [0, 0.1) is 0 Å². The van der Waals surface area contributed by atoms with Gasteiger partial charge >= 0.3 is 5.97 Å². The summed E-state index contributed by atoms with van der Waals surface area (Å²) in [6.45, 7) is 1.22. The summed E-state index contributed by atoms with van der Waals surface area (Å²) < 4.78 is 5.03. The SMILES string of the molecule is CC(=O)Oc1nc(Cl)cc(N=[N+]=[N-])c1Br. The molecule has 8 heteroatoms. The zero-order valence-corrected chi connectivity index (χ0v) is 9.78. The second-order valence-electron chi connectivity index (χ2n) is 2.37. The molecule has 1 aromatic rings. The Labute approximate surface area is 98.0 Å². The number of hydrogen-bond donors (Lipinski definition) is 0. The topological polar surface area (TPSA) is 88.0 Å². The number of aromatic nitrogens is 1. The van der Waals surface area contributed by atoms with Crippen LogP contribution in [0.2, 0.25) is 5.15 Å². The molecule has 0 saturated carbocycles. The number of esters is 1. The van der Waals surface area contributed by atoms with Crippen molar-refractivity contribution >= 4 is 39.2 Å². The Kier molecular flexibility index (Phi) is 3.90. The number of hydrogen-bond acceptors (Lipinski definition) is 4. The molecule has 1 rings (SSSR count). The highest BCUT2D eigenvalue weighted by Gasteiger charge is 2.11. The molecule has 78 valence electrons. The Balaban J connectivity index is 3.27. The zero-order valence-electron chi connectivity index (χ0n) is 7.44. The molecule has 0 amide bonds. The molecule has 1 heterocycles. The van der Waals surface area contributed by atoms with E-state index in [4.69, 9.17) is 21.9 Å². The van der Waals surface area contributed by atoms with Gasteiger partial charge in [0.15, 0.2) is 0 Å². The summed E-state index contributed by atoms with van der Waals surface area (Å²) in [6, 6.07) is 1.35. The van der Waals surface area contributed by atoms with Gasteiger partial charge in [0.05, 0.1) is 10.2 Å². The Morgan fingerprint density at radius 1 is 1.80 bits per heavy atom. The smallest absolute Gasteiger partial charge is 0.309 e. The van der Waals surface area contributed by atoms with Gasteiger partial charge in [0.25, 0.3) is 0 Å². The summed E-state index contributed by atoms with van der Waals surface area (Å²) in [6.07, 6.45) is 0. The molecule has 0 unspecified atom stereocenters. The first kappa shape index (κ1) is 11.8. The van der Waals surface area contributed by atoms with Crippen molar-refractivity contribution in [2.45, 2.75) is 6.92 Å². The summed E-state index contributed by atoms with van der Waals surface area (Å²) in [5.74, 6) is -0.574. The predicted octanol–water partition coefficient (Wildman–Crippen LogP) is 3.36. The zero-order chi connectivity index (χ0) is 11.4. The fourth-order valence-corrected chi connectivity index (χ4v) is 1.33. The number of rotatable bonds is 2. The third kappa shape index (κ3) is 3.09. The van der Waals surface area contributed by atoms with Crippen LogP contribution in [0.4, 0.5) is 5.69 Å². The second kappa shape index (κ2) is 4.97. The highest BCUT2D eigenvalue weighted by Crippen LogP contribution is 2.35. The number of pyridine rings is 1. The van der Waals surface area contributed by atoms with E-state index in [-0.39, 0.29) is 21.2 Å². The van der Waals surface area contributed by atoms with Crippen molar-refractivity contribution in [3.05, 3.63) is 26.1 Å². The van der Waals surface area contributed by atoms with Crippen molar-refractivity contribution in [3.8, 4) is 5.88 Å². The van der Waals surface area contributed by atoms with Gasteiger partial charge in [-0.2, -0.15) is 0 Å². The molecule has 0 aliphatic heterocycles. The molecule has 1 aromatic heterocycles. The fourth-order valence-electron chi connectivity index (χ4n) is 0.789. The van der Waals surface area contributed by atoms with Crippen LogP contribution in [-0.2, 0) is 4.79 Å². The molecule has 0 bridgehead atoms. The number of halogens is 2. The van der Waals surface area contributed by atoms with Gasteiger partial charge in [-0.1, -0.05) is 16.7 Å². The maximum Gasteiger partial charge on any atom is 0.309 e. The van der Waals surface area contributed by atoms with E-state index in [2.05, 4.69) is 30.9 Å². The second-order valence-corrected chi connectivity index (χ2v) is 3.55. The highest BCUT2D eigenvalue weighted by atomic mass is 79.9. The molecule has 0 spiro atoms. The van der Waals surface area contributed by atoms with Gasteiger partial charge < -0.3 is 4.74 Å². The van der Waals surface area contributed by atoms with Crippen molar-refractivity contribution < 1.29 is 9.53 Å². The summed E-state index contributed by atoms with van der Waals surface area (Å²) in [5, 5.41) is 3.42. The predicted molar refractivity (Wildman–Crippen MR) is 57.1 cm³/mol. The molecule has 0 aromatic carbocycles. The fraction of sp³-hybridized carbons (Fsp3) is 0.143. The lowest BCUT2D eigenvalue weighted by Gasteiger charge is -2.05. The standard InChI is InChI=1S/C7H4BrClN4O2/c1-3(14)15-7-6(8)4(12-13-10)2-5(9)11-7/h2H,1H3. The lowest BCUT2D eigenvalue weighted by Crippen LogP contribution is -2.03. The number of azide groups is 1. The van der Waals surface area contributed by atoms with E-state index in [1.165, 1.54) is 13.0 Å². The molecule has 0 N–H and O–H groups in total. The summed E-state index contributed by atoms with van der Waals surface area (Å²) in [7, 11) is 0. The lowest BCUT2D eigenvalue weighted by atomic mass is 10.4. The Morgan fingerprint density at radius 2 is 2.47 bits per heavy atom. The minimum Gasteiger partial charge on any atom is -0.406 e. The van der Waals surface area contributed by atoms with Gasteiger partial charge in [0.2, 0.25) is 5.88 Å². The number of carbonyl (C=O) groups is 1. The number of nitrogens with zero attached hydrogens (tertiary/aromatic N) is 4. The van der Waals surface area contributed by atoms with Crippen LogP contribution in [-0.4, -0.2) is 11.0 Å². The van der Waals surface area contributed by atoms with Crippen LogP contribution >= 0.6 is 27.5 Å². The maximum atomic E-state index is 10.7. The first-order valence-corrected chi connectivity index (χ1v) is 4.81. The van der Waals surface area contributed by atoms with Gasteiger partial charge in [-0.15, -0.1) is 0 Å². The van der Waals surface area contributed by atoms with Crippen molar-refractivity contribution in [3.63, 3.8) is 0 Å². The van der Waals surface area contributed by atoms with E-state index >= 15 is 0 Å². The molecule has 0 saturated heterocycles. The average molecular weight is 291 g/mol. The highest BCUT2D eigenvalue weighted by molar-refractivity contribution is 9.10. The molecular formula is C7H4BrClN4O2. The Morgan fingerprint density at radius 3 is 3.00 bits per heavy atom. The molecule has 15 heavy (non-hydrogen) atoms. The van der Waals surface area contributed by atoms with E-state index in [9.17, 15) is 4.79 Å². The molecular weight excluding hydrogens is 287 g/mol. The van der Waals surface area contributed by atoms with E-state index < -0.39 is 5.97 Å². The van der Waals surface area contributed by atoms with E-state index in [0.29, 0.717) is 0 Å². The minimum absolute atomic E-state index is 0.0302. The molecule has 0 atom stereocenters. The molecule has 0 aliphatic carbocycles. The van der Waals surface area contributed by atoms with Gasteiger partial charge in [-0.3, -0.25) is 4.79 Å². The number of carbonyl (C=O) groups excluding carboxylic acids is 1. The summed E-state index contributed by atoms with van der Waals surface area (Å²) in [5.41, 5.74) is 8.48. The Bertz CT molecular complexity index is 459. The van der Waals surface area contributed by atoms with Crippen molar-refractivity contribution in [1.29, 1.82) is 0 Å². The van der Waals surface area contributed by atoms with Gasteiger partial charge in [-0.05, 0) is 27.5 Å². The molecule has 0 fully saturated rings. The van der Waals surface area contributed by atoms with Crippen LogP contribution in [0.25, 0.3) is 10.4 Å². The van der Waals surface area contributed by atoms with E-state index in [1.54, 1.807) is 0 Å². The van der Waals surface area contributed by atoms with E-state index in [0.717, 1.165) is 0 Å². The molecule has 6 nitrogen and oxygen atoms in total. The third-order valence-electron chi connectivity index (χ3n) is 1.27. The molecule has 0 radical (unpaired) electrons. The number of ether oxygens (including phenoxy) is 1. The minimum atomic E-state index is -0.544. The Hall–Kier alpha value is -1.30. The van der Waals surface area contributed by atoms with Gasteiger partial charge in [-0.25, -0.2) is 4.98 Å². The van der Waals surface area contributed by atoms with Crippen molar-refractivity contribution in [2.75, 3.05) is 0 Å². The van der Waals surface area contributed by atoms with E-state index in [1.807, 2.05) is 0 Å². The van der Waals surface area contributed by atoms with Crippen LogP contribution in [0.3, 0.4) is 0 Å². The molecule has 0 aliphatic rings. The lowest BCUT2D eigenvalue weighted by molar-refractivity contribution is -0.132. The van der Waals surface area contributed by atoms with Crippen molar-refractivity contribution in [1.82, 2.24) is 4.98 Å². The summed E-state index contributed by atoms with van der Waals surface area (Å²) in [4.78, 5) is 17.1. The largest absolute Gasteiger partial charge is 0.406 e. The van der Waals surface area contributed by atoms with Crippen LogP contribution < -0.4 is 4.74 Å². The van der Waals surface area contributed by atoms with Crippen LogP contribution in [0.15, 0.2) is 15.7 Å². The summed E-state index contributed by atoms with van der Waals surface area (Å²) >= 11 is 8.72. The normalized spacial score (nSPS) is 9.27. The quantitative estimate of drug-likeness (QED) is 0.275. The maximum absolute atomic E-state index is 10.7. The van der Waals surface area contributed by atoms with Crippen LogP contribution in [0.5, 0.6) is 5.88 Å². The van der Waals surface area contributed by atoms with Gasteiger partial charge in [0, 0.05) is 11.8 Å².